The summed E-state index contributed by atoms with van der Waals surface area (Å²) in [7, 11) is -3.58. The van der Waals surface area contributed by atoms with Gasteiger partial charge in [-0.2, -0.15) is 8.42 Å². The predicted octanol–water partition coefficient (Wildman–Crippen LogP) is 3.56. The first-order valence-corrected chi connectivity index (χ1v) is 11.1. The van der Waals surface area contributed by atoms with Crippen molar-refractivity contribution in [3.8, 4) is 0 Å². The summed E-state index contributed by atoms with van der Waals surface area (Å²) in [6.45, 7) is 1.75. The highest BCUT2D eigenvalue weighted by Crippen LogP contribution is 2.35. The fourth-order valence-corrected chi connectivity index (χ4v) is 3.88. The molecule has 1 atom stereocenters. The van der Waals surface area contributed by atoms with Crippen molar-refractivity contribution in [2.24, 2.45) is 0 Å². The monoisotopic (exact) mass is 413 g/mol. The molecule has 0 saturated carbocycles. The van der Waals surface area contributed by atoms with Gasteiger partial charge in [0.2, 0.25) is 0 Å². The summed E-state index contributed by atoms with van der Waals surface area (Å²) in [5, 5.41) is 17.3. The molecule has 0 amide bonds. The van der Waals surface area contributed by atoms with Crippen LogP contribution >= 0.6 is 0 Å². The highest BCUT2D eigenvalue weighted by molar-refractivity contribution is 7.85. The summed E-state index contributed by atoms with van der Waals surface area (Å²) in [6.07, 6.45) is 0.993. The number of aliphatic hydroxyl groups excluding tert-OH is 1. The summed E-state index contributed by atoms with van der Waals surface area (Å²) in [5.41, 5.74) is 1.76. The van der Waals surface area contributed by atoms with Crippen LogP contribution in [0.5, 0.6) is 0 Å². The number of fused-ring (bicyclic) bond motifs is 5. The first-order valence-electron chi connectivity index (χ1n) is 9.31. The van der Waals surface area contributed by atoms with Crippen molar-refractivity contribution in [3.63, 3.8) is 0 Å². The van der Waals surface area contributed by atoms with Crippen LogP contribution in [0, 0.1) is 0 Å². The molecule has 0 aliphatic carbocycles. The Morgan fingerprint density at radius 3 is 2.59 bits per heavy atom. The van der Waals surface area contributed by atoms with E-state index in [0.29, 0.717) is 6.54 Å². The molecule has 7 heteroatoms. The molecule has 0 fully saturated rings. The second kappa shape index (κ2) is 7.42. The van der Waals surface area contributed by atoms with Crippen LogP contribution in [-0.4, -0.2) is 38.5 Å². The third-order valence-electron chi connectivity index (χ3n) is 5.08. The maximum absolute atomic E-state index is 11.3. The zero-order chi connectivity index (χ0) is 20.6. The number of hydrogen-bond donors (Lipinski definition) is 2. The van der Waals surface area contributed by atoms with Crippen molar-refractivity contribution < 1.29 is 22.1 Å². The lowest BCUT2D eigenvalue weighted by molar-refractivity contribution is 0.118. The minimum absolute atomic E-state index is 0.149. The van der Waals surface area contributed by atoms with Gasteiger partial charge in [0.25, 0.3) is 10.1 Å². The SMILES string of the molecule is CC(CO)(COS(C)(=O)=O)NCc1ccc2oc3ccc4ccccc4c3c2c1. The smallest absolute Gasteiger partial charge is 0.264 e. The standard InChI is InChI=1S/C22H23NO5S/c1-22(13-24,14-27-29(2,25)26)23-12-15-7-9-19-18(11-15)21-17-6-4-3-5-16(17)8-10-20(21)28-19/h3-11,23-24H,12-14H2,1-2H3. The average molecular weight is 413 g/mol. The third-order valence-corrected chi connectivity index (χ3v) is 5.63. The summed E-state index contributed by atoms with van der Waals surface area (Å²) in [6, 6.07) is 18.2. The van der Waals surface area contributed by atoms with E-state index in [0.717, 1.165) is 44.5 Å². The van der Waals surface area contributed by atoms with Crippen molar-refractivity contribution in [2.75, 3.05) is 19.5 Å². The van der Waals surface area contributed by atoms with Gasteiger partial charge in [-0.25, -0.2) is 0 Å². The van der Waals surface area contributed by atoms with E-state index in [1.54, 1.807) is 6.92 Å². The van der Waals surface area contributed by atoms with Crippen molar-refractivity contribution in [3.05, 3.63) is 60.2 Å². The zero-order valence-electron chi connectivity index (χ0n) is 16.3. The first kappa shape index (κ1) is 19.8. The average Bonchev–Trinajstić information content (AvgIpc) is 3.08. The maximum Gasteiger partial charge on any atom is 0.264 e. The molecule has 0 saturated heterocycles. The Morgan fingerprint density at radius 2 is 1.83 bits per heavy atom. The van der Waals surface area contributed by atoms with Crippen LogP contribution in [0.1, 0.15) is 12.5 Å². The molecular formula is C22H23NO5S. The Kier molecular flexibility index (Phi) is 5.08. The number of furan rings is 1. The van der Waals surface area contributed by atoms with E-state index in [1.807, 2.05) is 30.3 Å². The molecule has 4 rings (SSSR count). The van der Waals surface area contributed by atoms with E-state index in [4.69, 9.17) is 8.60 Å². The quantitative estimate of drug-likeness (QED) is 0.451. The Labute approximate surface area is 169 Å². The van der Waals surface area contributed by atoms with Gasteiger partial charge in [0.15, 0.2) is 0 Å². The van der Waals surface area contributed by atoms with Crippen LogP contribution in [0.25, 0.3) is 32.7 Å². The Bertz CT molecular complexity index is 1290. The molecule has 1 unspecified atom stereocenters. The molecule has 1 heterocycles. The number of hydrogen-bond acceptors (Lipinski definition) is 6. The van der Waals surface area contributed by atoms with Crippen LogP contribution in [-0.2, 0) is 20.8 Å². The molecule has 0 aliphatic rings. The van der Waals surface area contributed by atoms with Crippen LogP contribution in [0.15, 0.2) is 59.0 Å². The molecule has 1 aromatic heterocycles. The minimum Gasteiger partial charge on any atom is -0.456 e. The lowest BCUT2D eigenvalue weighted by Crippen LogP contribution is -2.49. The second-order valence-corrected chi connectivity index (χ2v) is 9.27. The molecule has 0 bridgehead atoms. The molecule has 0 aliphatic heterocycles. The Hall–Kier alpha value is -2.45. The number of benzene rings is 3. The molecule has 4 aromatic rings. The maximum atomic E-state index is 11.3. The largest absolute Gasteiger partial charge is 0.456 e. The summed E-state index contributed by atoms with van der Waals surface area (Å²) in [5.74, 6) is 0. The normalized spacial score (nSPS) is 14.6. The molecule has 29 heavy (non-hydrogen) atoms. The van der Waals surface area contributed by atoms with Gasteiger partial charge in [-0.3, -0.25) is 4.18 Å². The molecule has 3 aromatic carbocycles. The Morgan fingerprint density at radius 1 is 1.07 bits per heavy atom. The topological polar surface area (TPSA) is 88.8 Å². The summed E-state index contributed by atoms with van der Waals surface area (Å²) in [4.78, 5) is 0. The van der Waals surface area contributed by atoms with Gasteiger partial charge in [0, 0.05) is 17.3 Å². The molecule has 0 radical (unpaired) electrons. The van der Waals surface area contributed by atoms with Crippen LogP contribution in [0.2, 0.25) is 0 Å². The van der Waals surface area contributed by atoms with Gasteiger partial charge in [-0.15, -0.1) is 0 Å². The van der Waals surface area contributed by atoms with Crippen molar-refractivity contribution in [1.82, 2.24) is 5.32 Å². The number of aliphatic hydroxyl groups is 1. The predicted molar refractivity (Wildman–Crippen MR) is 114 cm³/mol. The van der Waals surface area contributed by atoms with E-state index >= 15 is 0 Å². The van der Waals surface area contributed by atoms with Crippen LogP contribution < -0.4 is 5.32 Å². The first-order chi connectivity index (χ1) is 13.8. The fourth-order valence-electron chi connectivity index (χ4n) is 3.41. The van der Waals surface area contributed by atoms with Gasteiger partial charge in [-0.05, 0) is 41.5 Å². The van der Waals surface area contributed by atoms with Gasteiger partial charge in [0.1, 0.15) is 11.2 Å². The molecule has 152 valence electrons. The van der Waals surface area contributed by atoms with E-state index in [9.17, 15) is 13.5 Å². The van der Waals surface area contributed by atoms with Gasteiger partial charge in [0.05, 0.1) is 25.0 Å². The zero-order valence-corrected chi connectivity index (χ0v) is 17.1. The van der Waals surface area contributed by atoms with Gasteiger partial charge >= 0.3 is 0 Å². The van der Waals surface area contributed by atoms with Crippen LogP contribution in [0.3, 0.4) is 0 Å². The van der Waals surface area contributed by atoms with E-state index < -0.39 is 15.7 Å². The molecule has 2 N–H and O–H groups in total. The lowest BCUT2D eigenvalue weighted by atomic mass is 10.0. The van der Waals surface area contributed by atoms with Gasteiger partial charge < -0.3 is 14.8 Å². The van der Waals surface area contributed by atoms with Crippen molar-refractivity contribution >= 4 is 42.8 Å². The minimum atomic E-state index is -3.58. The van der Waals surface area contributed by atoms with Crippen LogP contribution in [0.4, 0.5) is 0 Å². The highest BCUT2D eigenvalue weighted by Gasteiger charge is 2.25. The number of nitrogens with one attached hydrogen (secondary N) is 1. The van der Waals surface area contributed by atoms with E-state index in [1.165, 1.54) is 0 Å². The molecular weight excluding hydrogens is 390 g/mol. The van der Waals surface area contributed by atoms with Gasteiger partial charge in [-0.1, -0.05) is 36.4 Å². The number of rotatable bonds is 7. The fraction of sp³-hybridized carbons (Fsp3) is 0.273. The lowest BCUT2D eigenvalue weighted by Gasteiger charge is -2.28. The van der Waals surface area contributed by atoms with E-state index in [-0.39, 0.29) is 13.2 Å². The third kappa shape index (κ3) is 4.13. The van der Waals surface area contributed by atoms with Crippen molar-refractivity contribution in [1.29, 1.82) is 0 Å². The summed E-state index contributed by atoms with van der Waals surface area (Å²) >= 11 is 0. The second-order valence-electron chi connectivity index (χ2n) is 7.63. The highest BCUT2D eigenvalue weighted by atomic mass is 32.2. The van der Waals surface area contributed by atoms with E-state index in [2.05, 4.69) is 29.6 Å². The van der Waals surface area contributed by atoms with Crippen molar-refractivity contribution in [2.45, 2.75) is 19.0 Å². The molecule has 6 nitrogen and oxygen atoms in total. The summed E-state index contributed by atoms with van der Waals surface area (Å²) < 4.78 is 33.4. The molecule has 0 spiro atoms. The Balaban J connectivity index is 1.66.